The summed E-state index contributed by atoms with van der Waals surface area (Å²) in [6.07, 6.45) is 0. The first kappa shape index (κ1) is 16.0. The fourth-order valence-corrected chi connectivity index (χ4v) is 1.80. The molecule has 0 aliphatic rings. The Hall–Kier alpha value is -1.00. The van der Waals surface area contributed by atoms with Crippen LogP contribution in [-0.2, 0) is 20.4 Å². The molecule has 7 nitrogen and oxygen atoms in total. The van der Waals surface area contributed by atoms with Gasteiger partial charge in [0.15, 0.2) is 0 Å². The lowest BCUT2D eigenvalue weighted by Gasteiger charge is -2.03. The van der Waals surface area contributed by atoms with Crippen LogP contribution >= 0.6 is 0 Å². The van der Waals surface area contributed by atoms with Crippen LogP contribution < -0.4 is 5.14 Å². The summed E-state index contributed by atoms with van der Waals surface area (Å²) < 4.78 is 55.5. The van der Waals surface area contributed by atoms with Gasteiger partial charge in [0.1, 0.15) is 0 Å². The van der Waals surface area contributed by atoms with Gasteiger partial charge in [-0.3, -0.25) is 9.11 Å². The molecule has 0 amide bonds. The third-order valence-corrected chi connectivity index (χ3v) is 2.83. The number of rotatable bonds is 1. The third kappa shape index (κ3) is 7.02. The van der Waals surface area contributed by atoms with Gasteiger partial charge in [0, 0.05) is 0 Å². The van der Waals surface area contributed by atoms with Crippen molar-refractivity contribution in [1.29, 1.82) is 0 Å². The number of hydrogen-bond donors (Lipinski definition) is 3. The molecular weight excluding hydrogens is 270 g/mol. The van der Waals surface area contributed by atoms with Crippen LogP contribution in [0.1, 0.15) is 11.1 Å². The maximum absolute atomic E-state index is 10.8. The minimum Gasteiger partial charge on any atom is -0.282 e. The Bertz CT molecular complexity index is 582. The molecule has 0 aliphatic heterocycles. The normalized spacial score (nSPS) is 11.6. The van der Waals surface area contributed by atoms with E-state index in [0.717, 1.165) is 5.56 Å². The molecule has 0 aliphatic carbocycles. The molecule has 0 bridgehead atoms. The Kier molecular flexibility index (Phi) is 5.23. The van der Waals surface area contributed by atoms with Crippen LogP contribution in [0.25, 0.3) is 0 Å². The van der Waals surface area contributed by atoms with Crippen molar-refractivity contribution >= 4 is 20.4 Å². The van der Waals surface area contributed by atoms with Crippen LogP contribution in [0.4, 0.5) is 0 Å². The Labute approximate surface area is 99.9 Å². The van der Waals surface area contributed by atoms with Crippen molar-refractivity contribution in [3.05, 3.63) is 29.3 Å². The molecule has 1 rings (SSSR count). The smallest absolute Gasteiger partial charge is 0.282 e. The number of nitrogens with two attached hydrogens (primary N) is 1. The van der Waals surface area contributed by atoms with Gasteiger partial charge < -0.3 is 0 Å². The van der Waals surface area contributed by atoms with Crippen LogP contribution in [-0.4, -0.2) is 25.9 Å². The number of benzene rings is 1. The summed E-state index contributed by atoms with van der Waals surface area (Å²) in [7, 11) is -8.22. The zero-order valence-electron chi connectivity index (χ0n) is 9.15. The Morgan fingerprint density at radius 2 is 1.47 bits per heavy atom. The first-order valence-electron chi connectivity index (χ1n) is 4.22. The lowest BCUT2D eigenvalue weighted by molar-refractivity contribution is 0.481. The van der Waals surface area contributed by atoms with Gasteiger partial charge in [0.2, 0.25) is 0 Å². The SMILES string of the molecule is Cc1cccc(S(=O)(=O)O)c1C.NS(=O)(=O)O. The van der Waals surface area contributed by atoms with Gasteiger partial charge in [-0.2, -0.15) is 16.8 Å². The molecule has 0 fully saturated rings. The predicted octanol–water partition coefficient (Wildman–Crippen LogP) is 0.298. The van der Waals surface area contributed by atoms with Crippen LogP contribution in [0.5, 0.6) is 0 Å². The quantitative estimate of drug-likeness (QED) is 0.634. The second-order valence-electron chi connectivity index (χ2n) is 3.19. The topological polar surface area (TPSA) is 135 Å². The van der Waals surface area contributed by atoms with Crippen molar-refractivity contribution in [3.8, 4) is 0 Å². The molecule has 1 aromatic carbocycles. The molecule has 0 atom stereocenters. The van der Waals surface area contributed by atoms with Crippen LogP contribution in [0.3, 0.4) is 0 Å². The zero-order valence-corrected chi connectivity index (χ0v) is 10.8. The molecule has 0 aromatic heterocycles. The van der Waals surface area contributed by atoms with E-state index in [1.807, 2.05) is 0 Å². The average molecular weight is 283 g/mol. The lowest BCUT2D eigenvalue weighted by Crippen LogP contribution is -2.08. The summed E-state index contributed by atoms with van der Waals surface area (Å²) in [4.78, 5) is -0.0116. The number of hydrogen-bond acceptors (Lipinski definition) is 4. The molecule has 4 N–H and O–H groups in total. The summed E-state index contributed by atoms with van der Waals surface area (Å²) in [5, 5.41) is 3.88. The van der Waals surface area contributed by atoms with E-state index in [-0.39, 0.29) is 4.90 Å². The first-order valence-corrected chi connectivity index (χ1v) is 7.16. The van der Waals surface area contributed by atoms with Crippen molar-refractivity contribution in [3.63, 3.8) is 0 Å². The van der Waals surface area contributed by atoms with E-state index in [4.69, 9.17) is 17.5 Å². The van der Waals surface area contributed by atoms with E-state index in [9.17, 15) is 8.42 Å². The maximum atomic E-state index is 10.8. The molecule has 0 heterocycles. The van der Waals surface area contributed by atoms with E-state index >= 15 is 0 Å². The molecule has 0 saturated heterocycles. The second kappa shape index (κ2) is 5.56. The monoisotopic (exact) mass is 283 g/mol. The zero-order chi connectivity index (χ0) is 13.9. The van der Waals surface area contributed by atoms with E-state index in [2.05, 4.69) is 5.14 Å². The van der Waals surface area contributed by atoms with Crippen LogP contribution in [0, 0.1) is 13.8 Å². The van der Waals surface area contributed by atoms with Gasteiger partial charge in [-0.15, -0.1) is 0 Å². The van der Waals surface area contributed by atoms with Gasteiger partial charge in [-0.05, 0) is 31.0 Å². The Morgan fingerprint density at radius 3 is 1.76 bits per heavy atom. The molecule has 0 unspecified atom stereocenters. The summed E-state index contributed by atoms with van der Waals surface area (Å²) in [6, 6.07) is 4.78. The van der Waals surface area contributed by atoms with Gasteiger partial charge in [0.25, 0.3) is 10.1 Å². The molecule has 0 radical (unpaired) electrons. The van der Waals surface area contributed by atoms with Crippen molar-refractivity contribution in [2.24, 2.45) is 5.14 Å². The van der Waals surface area contributed by atoms with Gasteiger partial charge in [-0.1, -0.05) is 12.1 Å². The fraction of sp³-hybridized carbons (Fsp3) is 0.250. The van der Waals surface area contributed by atoms with Crippen molar-refractivity contribution in [2.75, 3.05) is 0 Å². The molecule has 0 spiro atoms. The molecule has 98 valence electrons. The summed E-state index contributed by atoms with van der Waals surface area (Å²) >= 11 is 0. The van der Waals surface area contributed by atoms with Crippen LogP contribution in [0.2, 0.25) is 0 Å². The molecule has 17 heavy (non-hydrogen) atoms. The van der Waals surface area contributed by atoms with Gasteiger partial charge >= 0.3 is 10.3 Å². The molecule has 9 heteroatoms. The van der Waals surface area contributed by atoms with Gasteiger partial charge in [0.05, 0.1) is 4.90 Å². The highest BCUT2D eigenvalue weighted by molar-refractivity contribution is 7.85. The van der Waals surface area contributed by atoms with E-state index in [1.165, 1.54) is 6.07 Å². The highest BCUT2D eigenvalue weighted by atomic mass is 32.2. The second-order valence-corrected chi connectivity index (χ2v) is 5.61. The summed E-state index contributed by atoms with van der Waals surface area (Å²) in [5.41, 5.74) is 1.45. The minimum absolute atomic E-state index is 0.0116. The first-order chi connectivity index (χ1) is 7.43. The third-order valence-electron chi connectivity index (χ3n) is 1.83. The standard InChI is InChI=1S/C8H10O3S.H3NO3S/c1-6-4-3-5-8(7(6)2)12(9,10)11;1-5(2,3)4/h3-5H,1-2H3,(H,9,10,11);(H3,1,2,3,4). The molecule has 1 aromatic rings. The maximum Gasteiger partial charge on any atom is 0.330 e. The summed E-state index contributed by atoms with van der Waals surface area (Å²) in [5.74, 6) is 0. The summed E-state index contributed by atoms with van der Waals surface area (Å²) in [6.45, 7) is 3.46. The predicted molar refractivity (Wildman–Crippen MR) is 61.5 cm³/mol. The fourth-order valence-electron chi connectivity index (χ4n) is 1.00. The lowest BCUT2D eigenvalue weighted by atomic mass is 10.1. The largest absolute Gasteiger partial charge is 0.330 e. The number of aryl methyl sites for hydroxylation is 1. The highest BCUT2D eigenvalue weighted by Crippen LogP contribution is 2.17. The van der Waals surface area contributed by atoms with E-state index in [0.29, 0.717) is 5.56 Å². The van der Waals surface area contributed by atoms with Crippen molar-refractivity contribution in [2.45, 2.75) is 18.7 Å². The molecule has 0 saturated carbocycles. The average Bonchev–Trinajstić information content (AvgIpc) is 2.04. The van der Waals surface area contributed by atoms with Crippen molar-refractivity contribution in [1.82, 2.24) is 0 Å². The van der Waals surface area contributed by atoms with Gasteiger partial charge in [-0.25, -0.2) is 5.14 Å². The Balaban J connectivity index is 0.000000437. The van der Waals surface area contributed by atoms with Crippen LogP contribution in [0.15, 0.2) is 23.1 Å². The highest BCUT2D eigenvalue weighted by Gasteiger charge is 2.12. The van der Waals surface area contributed by atoms with E-state index in [1.54, 1.807) is 26.0 Å². The molecular formula is C8H13NO6S2. The Morgan fingerprint density at radius 1 is 1.06 bits per heavy atom. The minimum atomic E-state index is -4.17. The van der Waals surface area contributed by atoms with Crippen molar-refractivity contribution < 1.29 is 25.9 Å². The van der Waals surface area contributed by atoms with E-state index < -0.39 is 20.4 Å².